The van der Waals surface area contributed by atoms with Crippen LogP contribution in [0.5, 0.6) is 0 Å². The van der Waals surface area contributed by atoms with Crippen molar-refractivity contribution < 1.29 is 14.7 Å². The minimum atomic E-state index is -1.10. The molecule has 1 fully saturated rings. The minimum Gasteiger partial charge on any atom is -0.477 e. The fourth-order valence-corrected chi connectivity index (χ4v) is 4.21. The van der Waals surface area contributed by atoms with Crippen molar-refractivity contribution in [1.82, 2.24) is 14.7 Å². The molecule has 0 aliphatic carbocycles. The minimum absolute atomic E-state index is 0.0359. The number of hydrogen-bond donors (Lipinski definition) is 1. The van der Waals surface area contributed by atoms with Crippen molar-refractivity contribution in [2.45, 2.75) is 17.1 Å². The molecule has 1 aromatic heterocycles. The van der Waals surface area contributed by atoms with E-state index in [1.165, 1.54) is 16.7 Å². The van der Waals surface area contributed by atoms with E-state index >= 15 is 0 Å². The van der Waals surface area contributed by atoms with Crippen molar-refractivity contribution in [1.29, 1.82) is 0 Å². The van der Waals surface area contributed by atoms with Crippen LogP contribution in [0.3, 0.4) is 0 Å². The van der Waals surface area contributed by atoms with Crippen molar-refractivity contribution in [2.75, 3.05) is 0 Å². The summed E-state index contributed by atoms with van der Waals surface area (Å²) in [6, 6.07) is 1.82. The molecule has 0 saturated carbocycles. The van der Waals surface area contributed by atoms with Gasteiger partial charge in [0.05, 0.1) is 4.91 Å². The third kappa shape index (κ3) is 1.66. The predicted molar refractivity (Wildman–Crippen MR) is 73.4 cm³/mol. The number of aliphatic carboxylic acids is 1. The molecule has 3 heterocycles. The summed E-state index contributed by atoms with van der Waals surface area (Å²) in [4.78, 5) is 24.7. The van der Waals surface area contributed by atoms with Crippen LogP contribution >= 0.6 is 27.7 Å². The highest BCUT2D eigenvalue weighted by atomic mass is 79.9. The number of rotatable bonds is 2. The van der Waals surface area contributed by atoms with Gasteiger partial charge in [0.1, 0.15) is 21.6 Å². The Morgan fingerprint density at radius 2 is 2.26 bits per heavy atom. The highest BCUT2D eigenvalue weighted by Crippen LogP contribution is 2.52. The van der Waals surface area contributed by atoms with E-state index in [4.69, 9.17) is 0 Å². The summed E-state index contributed by atoms with van der Waals surface area (Å²) < 4.78 is 1.69. The average molecular weight is 344 g/mol. The standard InChI is InChI=1S/C11H10BrN3O3S/c1-4-3-5(13-14(4)2)8-7(11(17)18)15-9(16)6(12)10(15)19-8/h3,6,10H,1-2H3,(H,17,18)/t6-,10+/m0/s1. The Balaban J connectivity index is 2.09. The summed E-state index contributed by atoms with van der Waals surface area (Å²) in [6.45, 7) is 1.89. The number of carbonyl (C=O) groups is 2. The number of alkyl halides is 1. The van der Waals surface area contributed by atoms with Gasteiger partial charge >= 0.3 is 5.97 Å². The number of hydrogen-bond acceptors (Lipinski definition) is 4. The first-order valence-electron chi connectivity index (χ1n) is 5.54. The van der Waals surface area contributed by atoms with Crippen molar-refractivity contribution in [3.05, 3.63) is 23.2 Å². The molecule has 2 atom stereocenters. The smallest absolute Gasteiger partial charge is 0.353 e. The van der Waals surface area contributed by atoms with Gasteiger partial charge in [0.15, 0.2) is 0 Å². The Hall–Kier alpha value is -1.28. The molecular weight excluding hydrogens is 334 g/mol. The molecule has 2 aliphatic heterocycles. The zero-order valence-electron chi connectivity index (χ0n) is 10.1. The molecule has 0 aromatic carbocycles. The van der Waals surface area contributed by atoms with Gasteiger partial charge in [0, 0.05) is 12.7 Å². The second-order valence-corrected chi connectivity index (χ2v) is 6.51. The molecule has 0 unspecified atom stereocenters. The van der Waals surface area contributed by atoms with Crippen LogP contribution in [-0.4, -0.2) is 41.9 Å². The van der Waals surface area contributed by atoms with Gasteiger partial charge in [-0.05, 0) is 13.0 Å². The second kappa shape index (κ2) is 4.11. The molecule has 1 N–H and O–H groups in total. The largest absolute Gasteiger partial charge is 0.477 e. The zero-order valence-corrected chi connectivity index (χ0v) is 12.5. The lowest BCUT2D eigenvalue weighted by Crippen LogP contribution is -2.58. The maximum Gasteiger partial charge on any atom is 0.353 e. The van der Waals surface area contributed by atoms with Crippen LogP contribution in [0.1, 0.15) is 11.4 Å². The Bertz CT molecular complexity index is 620. The van der Waals surface area contributed by atoms with E-state index in [2.05, 4.69) is 21.0 Å². The first-order valence-corrected chi connectivity index (χ1v) is 7.33. The van der Waals surface area contributed by atoms with Crippen LogP contribution in [0, 0.1) is 6.92 Å². The number of β-lactam (4-membered cyclic amide) rings is 1. The summed E-state index contributed by atoms with van der Waals surface area (Å²) in [5.74, 6) is -1.31. The molecule has 6 nitrogen and oxygen atoms in total. The topological polar surface area (TPSA) is 75.4 Å². The molecular formula is C11H10BrN3O3S. The quantitative estimate of drug-likeness (QED) is 0.644. The van der Waals surface area contributed by atoms with E-state index in [1.54, 1.807) is 11.7 Å². The third-order valence-electron chi connectivity index (χ3n) is 3.22. The lowest BCUT2D eigenvalue weighted by molar-refractivity contribution is -0.144. The number of thioether (sulfide) groups is 1. The third-order valence-corrected chi connectivity index (χ3v) is 5.83. The number of halogens is 1. The average Bonchev–Trinajstić information content (AvgIpc) is 2.88. The summed E-state index contributed by atoms with van der Waals surface area (Å²) in [5, 5.41) is 13.4. The Morgan fingerprint density at radius 1 is 1.58 bits per heavy atom. The Labute approximate surface area is 121 Å². The van der Waals surface area contributed by atoms with E-state index in [9.17, 15) is 14.7 Å². The first kappa shape index (κ1) is 12.7. The number of carbonyl (C=O) groups excluding carboxylic acids is 1. The summed E-state index contributed by atoms with van der Waals surface area (Å²) in [5.41, 5.74) is 1.57. The number of aromatic nitrogens is 2. The van der Waals surface area contributed by atoms with Gasteiger partial charge < -0.3 is 5.11 Å². The van der Waals surface area contributed by atoms with Crippen LogP contribution in [0.4, 0.5) is 0 Å². The highest BCUT2D eigenvalue weighted by Gasteiger charge is 2.55. The van der Waals surface area contributed by atoms with Crippen LogP contribution in [0.15, 0.2) is 11.8 Å². The van der Waals surface area contributed by atoms with Gasteiger partial charge in [-0.15, -0.1) is 0 Å². The molecule has 8 heteroatoms. The molecule has 1 amide bonds. The summed E-state index contributed by atoms with van der Waals surface area (Å²) >= 11 is 4.64. The Morgan fingerprint density at radius 3 is 2.79 bits per heavy atom. The number of amides is 1. The monoisotopic (exact) mass is 343 g/mol. The number of fused-ring (bicyclic) bond motifs is 1. The van der Waals surface area contributed by atoms with Crippen molar-refractivity contribution in [3.63, 3.8) is 0 Å². The van der Waals surface area contributed by atoms with Gasteiger partial charge in [0.25, 0.3) is 0 Å². The zero-order chi connectivity index (χ0) is 13.9. The maximum absolute atomic E-state index is 11.7. The first-order chi connectivity index (χ1) is 8.91. The molecule has 0 spiro atoms. The number of carboxylic acid groups (broad SMARTS) is 1. The van der Waals surface area contributed by atoms with Crippen molar-refractivity contribution in [2.24, 2.45) is 7.05 Å². The summed E-state index contributed by atoms with van der Waals surface area (Å²) in [6.07, 6.45) is 0. The predicted octanol–water partition coefficient (Wildman–Crippen LogP) is 1.16. The number of carboxylic acids is 1. The molecule has 2 aliphatic rings. The SMILES string of the molecule is Cc1cc(C2=C(C(=O)O)N3C(=O)[C@H](Br)[C@H]3S2)nn1C. The van der Waals surface area contributed by atoms with E-state index in [0.29, 0.717) is 10.6 Å². The number of aryl methyl sites for hydroxylation is 2. The lowest BCUT2D eigenvalue weighted by atomic mass is 10.1. The normalized spacial score (nSPS) is 25.6. The molecule has 19 heavy (non-hydrogen) atoms. The molecule has 100 valence electrons. The molecule has 1 saturated heterocycles. The van der Waals surface area contributed by atoms with Crippen molar-refractivity contribution in [3.8, 4) is 0 Å². The van der Waals surface area contributed by atoms with Crippen LogP contribution < -0.4 is 0 Å². The fourth-order valence-electron chi connectivity index (χ4n) is 2.12. The molecule has 0 bridgehead atoms. The van der Waals surface area contributed by atoms with Crippen molar-refractivity contribution >= 4 is 44.5 Å². The Kier molecular flexibility index (Phi) is 2.75. The van der Waals surface area contributed by atoms with E-state index in [-0.39, 0.29) is 21.8 Å². The van der Waals surface area contributed by atoms with Crippen LogP contribution in [0.2, 0.25) is 0 Å². The second-order valence-electron chi connectivity index (χ2n) is 4.40. The van der Waals surface area contributed by atoms with E-state index in [0.717, 1.165) is 5.69 Å². The molecule has 1 aromatic rings. The highest BCUT2D eigenvalue weighted by molar-refractivity contribution is 9.10. The van der Waals surface area contributed by atoms with Crippen LogP contribution in [0.25, 0.3) is 4.91 Å². The lowest BCUT2D eigenvalue weighted by Gasteiger charge is -2.38. The van der Waals surface area contributed by atoms with E-state index in [1.807, 2.05) is 13.0 Å². The molecule has 0 radical (unpaired) electrons. The summed E-state index contributed by atoms with van der Waals surface area (Å²) in [7, 11) is 1.80. The fraction of sp³-hybridized carbons (Fsp3) is 0.364. The maximum atomic E-state index is 11.7. The van der Waals surface area contributed by atoms with E-state index < -0.39 is 5.97 Å². The molecule has 3 rings (SSSR count). The van der Waals surface area contributed by atoms with Gasteiger partial charge in [-0.3, -0.25) is 14.4 Å². The van der Waals surface area contributed by atoms with Gasteiger partial charge in [-0.2, -0.15) is 5.10 Å². The van der Waals surface area contributed by atoms with Gasteiger partial charge in [0.2, 0.25) is 5.91 Å². The van der Waals surface area contributed by atoms with Gasteiger partial charge in [-0.1, -0.05) is 27.7 Å². The van der Waals surface area contributed by atoms with Gasteiger partial charge in [-0.25, -0.2) is 4.79 Å². The van der Waals surface area contributed by atoms with Crippen LogP contribution in [-0.2, 0) is 16.6 Å². The number of nitrogens with zero attached hydrogens (tertiary/aromatic N) is 3.